The average molecular weight is 258 g/mol. The van der Waals surface area contributed by atoms with Crippen LogP contribution in [0.3, 0.4) is 0 Å². The van der Waals surface area contributed by atoms with Crippen LogP contribution >= 0.6 is 0 Å². The largest absolute Gasteiger partial charge is 0.494 e. The van der Waals surface area contributed by atoms with Crippen molar-refractivity contribution in [2.75, 3.05) is 6.61 Å². The van der Waals surface area contributed by atoms with Crippen molar-refractivity contribution >= 4 is 11.0 Å². The van der Waals surface area contributed by atoms with Crippen LogP contribution < -0.4 is 16.0 Å². The van der Waals surface area contributed by atoms with Crippen molar-refractivity contribution in [1.82, 2.24) is 9.97 Å². The normalized spacial score (nSPS) is 11.0. The number of rotatable bonds is 2. The number of hydrogen-bond donors (Lipinski definition) is 1. The molecule has 0 saturated heterocycles. The minimum absolute atomic E-state index is 0.0231. The fourth-order valence-electron chi connectivity index (χ4n) is 1.89. The van der Waals surface area contributed by atoms with Gasteiger partial charge in [0.15, 0.2) is 0 Å². The van der Waals surface area contributed by atoms with Crippen LogP contribution in [0.15, 0.2) is 38.3 Å². The van der Waals surface area contributed by atoms with E-state index in [9.17, 15) is 9.59 Å². The van der Waals surface area contributed by atoms with Crippen molar-refractivity contribution in [1.29, 1.82) is 0 Å². The highest BCUT2D eigenvalue weighted by atomic mass is 16.5. The van der Waals surface area contributed by atoms with Gasteiger partial charge in [0, 0.05) is 11.5 Å². The summed E-state index contributed by atoms with van der Waals surface area (Å²) < 4.78 is 10.8. The maximum absolute atomic E-state index is 11.6. The lowest BCUT2D eigenvalue weighted by Crippen LogP contribution is -2.24. The third-order valence-corrected chi connectivity index (χ3v) is 2.70. The lowest BCUT2D eigenvalue weighted by molar-refractivity contribution is 0.340. The Morgan fingerprint density at radius 2 is 2.16 bits per heavy atom. The van der Waals surface area contributed by atoms with E-state index < -0.39 is 11.2 Å². The van der Waals surface area contributed by atoms with E-state index in [4.69, 9.17) is 9.15 Å². The fraction of sp³-hybridized carbons (Fsp3) is 0.154. The number of aromatic amines is 1. The van der Waals surface area contributed by atoms with Crippen LogP contribution in [0.1, 0.15) is 6.92 Å². The molecule has 0 spiro atoms. The average Bonchev–Trinajstić information content (AvgIpc) is 2.37. The Morgan fingerprint density at radius 3 is 2.95 bits per heavy atom. The van der Waals surface area contributed by atoms with E-state index in [1.807, 2.05) is 6.92 Å². The van der Waals surface area contributed by atoms with Crippen molar-refractivity contribution in [3.8, 4) is 17.2 Å². The molecule has 0 amide bonds. The van der Waals surface area contributed by atoms with Gasteiger partial charge >= 0.3 is 5.69 Å². The Labute approximate surface area is 107 Å². The molecule has 6 nitrogen and oxygen atoms in total. The van der Waals surface area contributed by atoms with Crippen LogP contribution in [0.4, 0.5) is 0 Å². The molecule has 1 aromatic rings. The molecule has 0 fully saturated rings. The Morgan fingerprint density at radius 1 is 1.32 bits per heavy atom. The van der Waals surface area contributed by atoms with Crippen molar-refractivity contribution in [3.05, 3.63) is 45.1 Å². The molecule has 6 heteroatoms. The van der Waals surface area contributed by atoms with Gasteiger partial charge < -0.3 is 9.15 Å². The number of fused-ring (bicyclic) bond motifs is 2. The highest BCUT2D eigenvalue weighted by Crippen LogP contribution is 2.26. The number of nitrogens with zero attached hydrogens (tertiary/aromatic N) is 1. The summed E-state index contributed by atoms with van der Waals surface area (Å²) in [6.45, 7) is 2.42. The fourth-order valence-corrected chi connectivity index (χ4v) is 1.89. The van der Waals surface area contributed by atoms with Crippen molar-refractivity contribution in [2.45, 2.75) is 6.92 Å². The predicted octanol–water partition coefficient (Wildman–Crippen LogP) is 1.38. The molecule has 0 radical (unpaired) electrons. The second-order valence-electron chi connectivity index (χ2n) is 3.97. The first kappa shape index (κ1) is 11.5. The summed E-state index contributed by atoms with van der Waals surface area (Å²) in [6, 6.07) is 6.91. The molecule has 0 saturated carbocycles. The van der Waals surface area contributed by atoms with Gasteiger partial charge in [0.25, 0.3) is 5.56 Å². The second-order valence-corrected chi connectivity index (χ2v) is 3.97. The monoisotopic (exact) mass is 258 g/mol. The lowest BCUT2D eigenvalue weighted by Gasteiger charge is -2.06. The Hall–Kier alpha value is -2.63. The molecule has 2 aliphatic rings. The number of hydrogen-bond acceptors (Lipinski definition) is 5. The van der Waals surface area contributed by atoms with E-state index in [1.165, 1.54) is 0 Å². The Balaban J connectivity index is 2.33. The summed E-state index contributed by atoms with van der Waals surface area (Å²) in [7, 11) is 0. The van der Waals surface area contributed by atoms with Crippen molar-refractivity contribution in [2.24, 2.45) is 0 Å². The van der Waals surface area contributed by atoms with Gasteiger partial charge in [-0.1, -0.05) is 0 Å². The summed E-state index contributed by atoms with van der Waals surface area (Å²) >= 11 is 0. The molecule has 0 unspecified atom stereocenters. The second kappa shape index (κ2) is 4.24. The molecule has 2 heterocycles. The molecule has 0 aliphatic carbocycles. The first-order valence-corrected chi connectivity index (χ1v) is 5.78. The van der Waals surface area contributed by atoms with Gasteiger partial charge in [-0.25, -0.2) is 4.79 Å². The third kappa shape index (κ3) is 1.97. The molecule has 1 N–H and O–H groups in total. The number of ether oxygens (including phenoxy) is 1. The summed E-state index contributed by atoms with van der Waals surface area (Å²) in [6.07, 6.45) is 0. The standard InChI is InChI=1S/C13H10N2O4/c1-2-18-8-4-3-7-5-9-11(16)14-13(17)15-12(9)19-10(7)6-8/h3-6H,2H2,1H3,(H,14,16,17). The van der Waals surface area contributed by atoms with Crippen LogP contribution in [0.5, 0.6) is 5.75 Å². The molecule has 96 valence electrons. The van der Waals surface area contributed by atoms with Crippen molar-refractivity contribution in [3.63, 3.8) is 0 Å². The van der Waals surface area contributed by atoms with E-state index >= 15 is 0 Å². The maximum Gasteiger partial charge on any atom is 0.351 e. The third-order valence-electron chi connectivity index (χ3n) is 2.70. The van der Waals surface area contributed by atoms with E-state index in [1.54, 1.807) is 24.3 Å². The van der Waals surface area contributed by atoms with Gasteiger partial charge in [-0.3, -0.25) is 9.78 Å². The topological polar surface area (TPSA) is 85.2 Å². The zero-order valence-corrected chi connectivity index (χ0v) is 10.1. The van der Waals surface area contributed by atoms with Gasteiger partial charge in [-0.2, -0.15) is 4.98 Å². The summed E-state index contributed by atoms with van der Waals surface area (Å²) in [5.41, 5.74) is -0.469. The minimum Gasteiger partial charge on any atom is -0.494 e. The van der Waals surface area contributed by atoms with Gasteiger partial charge in [-0.15, -0.1) is 0 Å². The SMILES string of the molecule is CCOc1ccc2cc3c(=O)[nH]c(=O)nc-3oc2c1. The zero-order chi connectivity index (χ0) is 13.4. The molecule has 0 bridgehead atoms. The van der Waals surface area contributed by atoms with Gasteiger partial charge in [0.05, 0.1) is 6.61 Å². The van der Waals surface area contributed by atoms with Gasteiger partial charge in [0.1, 0.15) is 16.9 Å². The number of aromatic nitrogens is 2. The quantitative estimate of drug-likeness (QED) is 0.702. The molecule has 1 aromatic carbocycles. The first-order valence-electron chi connectivity index (χ1n) is 5.78. The molecule has 0 aromatic heterocycles. The molecular formula is C13H10N2O4. The van der Waals surface area contributed by atoms with E-state index in [0.717, 1.165) is 5.39 Å². The van der Waals surface area contributed by atoms with Crippen molar-refractivity contribution < 1.29 is 9.15 Å². The summed E-state index contributed by atoms with van der Waals surface area (Å²) in [4.78, 5) is 28.5. The molecule has 19 heavy (non-hydrogen) atoms. The summed E-state index contributed by atoms with van der Waals surface area (Å²) in [5, 5.41) is 0.738. The maximum atomic E-state index is 11.6. The van der Waals surface area contributed by atoms with E-state index in [-0.39, 0.29) is 11.5 Å². The van der Waals surface area contributed by atoms with Crippen LogP contribution in [-0.2, 0) is 0 Å². The smallest absolute Gasteiger partial charge is 0.351 e. The van der Waals surface area contributed by atoms with Gasteiger partial charge in [0.2, 0.25) is 5.89 Å². The van der Waals surface area contributed by atoms with Crippen LogP contribution in [0.2, 0.25) is 0 Å². The van der Waals surface area contributed by atoms with E-state index in [0.29, 0.717) is 17.9 Å². The number of nitrogens with one attached hydrogen (secondary N) is 1. The Kier molecular flexibility index (Phi) is 2.56. The van der Waals surface area contributed by atoms with Gasteiger partial charge in [-0.05, 0) is 25.1 Å². The van der Waals surface area contributed by atoms with E-state index in [2.05, 4.69) is 9.97 Å². The highest BCUT2D eigenvalue weighted by Gasteiger charge is 2.14. The molecular weight excluding hydrogens is 248 g/mol. The first-order chi connectivity index (χ1) is 9.17. The molecule has 2 aliphatic heterocycles. The predicted molar refractivity (Wildman–Crippen MR) is 68.7 cm³/mol. The van der Waals surface area contributed by atoms with Crippen LogP contribution in [0, 0.1) is 0 Å². The van der Waals surface area contributed by atoms with Crippen LogP contribution in [0.25, 0.3) is 22.4 Å². The molecule has 3 rings (SSSR count). The molecule has 0 atom stereocenters. The number of H-pyrrole nitrogens is 1. The lowest BCUT2D eigenvalue weighted by atomic mass is 10.1. The Bertz CT molecular complexity index is 834. The summed E-state index contributed by atoms with van der Waals surface area (Å²) in [5.74, 6) is 0.681. The highest BCUT2D eigenvalue weighted by molar-refractivity contribution is 5.82. The number of benzene rings is 1. The zero-order valence-electron chi connectivity index (χ0n) is 10.1. The van der Waals surface area contributed by atoms with Crippen LogP contribution in [-0.4, -0.2) is 16.6 Å². The minimum atomic E-state index is -0.721.